The molecule has 0 amide bonds. The molecule has 0 spiro atoms. The molecule has 0 N–H and O–H groups in total. The molecule has 1 aromatic rings. The molecule has 0 atom stereocenters. The summed E-state index contributed by atoms with van der Waals surface area (Å²) in [5.74, 6) is 0. The molecule has 2 radical (unpaired) electrons. The SMILES string of the molecule is [B]c1cc(CC)ccc1CBr. The van der Waals surface area contributed by atoms with Gasteiger partial charge in [-0.3, -0.25) is 0 Å². The molecule has 0 aliphatic carbocycles. The highest BCUT2D eigenvalue weighted by molar-refractivity contribution is 9.08. The van der Waals surface area contributed by atoms with Gasteiger partial charge in [0.05, 0.1) is 0 Å². The largest absolute Gasteiger partial charge is 0.114 e. The van der Waals surface area contributed by atoms with Crippen LogP contribution in [0.3, 0.4) is 0 Å². The van der Waals surface area contributed by atoms with Gasteiger partial charge in [-0.1, -0.05) is 46.5 Å². The first kappa shape index (κ1) is 8.86. The van der Waals surface area contributed by atoms with Crippen molar-refractivity contribution in [3.05, 3.63) is 29.3 Å². The summed E-state index contributed by atoms with van der Waals surface area (Å²) in [5.41, 5.74) is 3.36. The Bertz CT molecular complexity index is 245. The van der Waals surface area contributed by atoms with Gasteiger partial charge in [0.2, 0.25) is 0 Å². The van der Waals surface area contributed by atoms with Crippen LogP contribution < -0.4 is 5.46 Å². The third kappa shape index (κ3) is 2.09. The average molecular weight is 209 g/mol. The highest BCUT2D eigenvalue weighted by atomic mass is 79.9. The Morgan fingerprint density at radius 1 is 1.45 bits per heavy atom. The standard InChI is InChI=1S/C9H10BBr/c1-2-7-3-4-8(6-11)9(10)5-7/h3-5H,2,6H2,1H3. The Kier molecular flexibility index (Phi) is 3.19. The van der Waals surface area contributed by atoms with Crippen molar-refractivity contribution >= 4 is 29.2 Å². The second kappa shape index (κ2) is 3.96. The Morgan fingerprint density at radius 3 is 2.64 bits per heavy atom. The van der Waals surface area contributed by atoms with Crippen LogP contribution in [0.4, 0.5) is 0 Å². The average Bonchev–Trinajstić information content (AvgIpc) is 2.04. The van der Waals surface area contributed by atoms with E-state index in [1.165, 1.54) is 11.1 Å². The predicted molar refractivity (Wildman–Crippen MR) is 53.8 cm³/mol. The van der Waals surface area contributed by atoms with Gasteiger partial charge < -0.3 is 0 Å². The van der Waals surface area contributed by atoms with E-state index in [0.29, 0.717) is 0 Å². The number of benzene rings is 1. The minimum Gasteiger partial charge on any atom is -0.0924 e. The predicted octanol–water partition coefficient (Wildman–Crippen LogP) is 1.94. The molecule has 2 heteroatoms. The molecule has 0 nitrogen and oxygen atoms in total. The van der Waals surface area contributed by atoms with Crippen molar-refractivity contribution in [1.82, 2.24) is 0 Å². The lowest BCUT2D eigenvalue weighted by Gasteiger charge is -2.03. The van der Waals surface area contributed by atoms with Crippen molar-refractivity contribution in [2.75, 3.05) is 0 Å². The van der Waals surface area contributed by atoms with Crippen LogP contribution in [0.25, 0.3) is 0 Å². The van der Waals surface area contributed by atoms with Crippen LogP contribution in [0, 0.1) is 0 Å². The second-order valence-corrected chi connectivity index (χ2v) is 3.08. The number of aryl methyl sites for hydroxylation is 1. The van der Waals surface area contributed by atoms with Crippen molar-refractivity contribution in [2.24, 2.45) is 0 Å². The normalized spacial score (nSPS) is 10.0. The molecule has 0 aliphatic rings. The molecule has 56 valence electrons. The van der Waals surface area contributed by atoms with Gasteiger partial charge in [-0.2, -0.15) is 0 Å². The van der Waals surface area contributed by atoms with Crippen molar-refractivity contribution in [3.63, 3.8) is 0 Å². The van der Waals surface area contributed by atoms with Crippen LogP contribution in [0.5, 0.6) is 0 Å². The van der Waals surface area contributed by atoms with Gasteiger partial charge in [0.1, 0.15) is 7.85 Å². The lowest BCUT2D eigenvalue weighted by molar-refractivity contribution is 1.14. The fourth-order valence-corrected chi connectivity index (χ4v) is 1.50. The van der Waals surface area contributed by atoms with Crippen LogP contribution in [-0.4, -0.2) is 7.85 Å². The van der Waals surface area contributed by atoms with Crippen LogP contribution in [-0.2, 0) is 11.8 Å². The van der Waals surface area contributed by atoms with E-state index in [-0.39, 0.29) is 0 Å². The zero-order valence-electron chi connectivity index (χ0n) is 6.60. The summed E-state index contributed by atoms with van der Waals surface area (Å²) in [4.78, 5) is 0. The van der Waals surface area contributed by atoms with Gasteiger partial charge in [-0.05, 0) is 17.5 Å². The molecule has 0 saturated heterocycles. The molecule has 0 fully saturated rings. The van der Waals surface area contributed by atoms with Crippen molar-refractivity contribution in [3.8, 4) is 0 Å². The number of halogens is 1. The summed E-state index contributed by atoms with van der Waals surface area (Å²) in [6.45, 7) is 2.13. The molecule has 0 unspecified atom stereocenters. The fraction of sp³-hybridized carbons (Fsp3) is 0.333. The maximum atomic E-state index is 5.78. The molecular weight excluding hydrogens is 199 g/mol. The van der Waals surface area contributed by atoms with Crippen LogP contribution in [0.15, 0.2) is 18.2 Å². The first-order valence-corrected chi connectivity index (χ1v) is 4.83. The van der Waals surface area contributed by atoms with Crippen LogP contribution >= 0.6 is 15.9 Å². The van der Waals surface area contributed by atoms with Crippen molar-refractivity contribution in [1.29, 1.82) is 0 Å². The molecule has 0 saturated carbocycles. The van der Waals surface area contributed by atoms with E-state index in [1.54, 1.807) is 0 Å². The number of hydrogen-bond acceptors (Lipinski definition) is 0. The first-order chi connectivity index (χ1) is 5.27. The van der Waals surface area contributed by atoms with E-state index in [1.807, 2.05) is 6.07 Å². The Hall–Kier alpha value is -0.235. The van der Waals surface area contributed by atoms with Crippen molar-refractivity contribution < 1.29 is 0 Å². The third-order valence-electron chi connectivity index (χ3n) is 1.76. The third-order valence-corrected chi connectivity index (χ3v) is 2.37. The molecule has 1 rings (SSSR count). The smallest absolute Gasteiger partial charge is 0.0924 e. The lowest BCUT2D eigenvalue weighted by atomic mass is 9.89. The summed E-state index contributed by atoms with van der Waals surface area (Å²) >= 11 is 3.37. The summed E-state index contributed by atoms with van der Waals surface area (Å²) in [6, 6.07) is 6.23. The number of alkyl halides is 1. The number of hydrogen-bond donors (Lipinski definition) is 0. The molecule has 0 bridgehead atoms. The maximum absolute atomic E-state index is 5.78. The van der Waals surface area contributed by atoms with Gasteiger partial charge in [0, 0.05) is 5.33 Å². The monoisotopic (exact) mass is 208 g/mol. The van der Waals surface area contributed by atoms with E-state index < -0.39 is 0 Å². The van der Waals surface area contributed by atoms with Gasteiger partial charge in [0.25, 0.3) is 0 Å². The van der Waals surface area contributed by atoms with E-state index in [0.717, 1.165) is 17.2 Å². The highest BCUT2D eigenvalue weighted by Gasteiger charge is 1.95. The van der Waals surface area contributed by atoms with E-state index in [2.05, 4.69) is 35.0 Å². The lowest BCUT2D eigenvalue weighted by Crippen LogP contribution is -2.09. The highest BCUT2D eigenvalue weighted by Crippen LogP contribution is 2.05. The van der Waals surface area contributed by atoms with Crippen molar-refractivity contribution in [2.45, 2.75) is 18.7 Å². The quantitative estimate of drug-likeness (QED) is 0.515. The molecule has 0 aliphatic heterocycles. The molecular formula is C9H10BBr. The fourth-order valence-electron chi connectivity index (χ4n) is 0.986. The summed E-state index contributed by atoms with van der Waals surface area (Å²) in [5, 5.41) is 0.836. The topological polar surface area (TPSA) is 0 Å². The first-order valence-electron chi connectivity index (χ1n) is 3.71. The van der Waals surface area contributed by atoms with Gasteiger partial charge >= 0.3 is 0 Å². The Morgan fingerprint density at radius 2 is 2.18 bits per heavy atom. The molecule has 0 aromatic heterocycles. The Labute approximate surface area is 77.5 Å². The van der Waals surface area contributed by atoms with Gasteiger partial charge in [0.15, 0.2) is 0 Å². The van der Waals surface area contributed by atoms with Crippen LogP contribution in [0.1, 0.15) is 18.1 Å². The minimum atomic E-state index is 0.836. The summed E-state index contributed by atoms with van der Waals surface area (Å²) in [7, 11) is 5.78. The minimum absolute atomic E-state index is 0.836. The van der Waals surface area contributed by atoms with Crippen LogP contribution in [0.2, 0.25) is 0 Å². The van der Waals surface area contributed by atoms with Gasteiger partial charge in [-0.25, -0.2) is 0 Å². The molecule has 0 heterocycles. The molecule has 11 heavy (non-hydrogen) atoms. The van der Waals surface area contributed by atoms with E-state index in [9.17, 15) is 0 Å². The number of rotatable bonds is 2. The second-order valence-electron chi connectivity index (χ2n) is 2.52. The molecule has 1 aromatic carbocycles. The zero-order chi connectivity index (χ0) is 8.27. The zero-order valence-corrected chi connectivity index (χ0v) is 8.19. The summed E-state index contributed by atoms with van der Waals surface area (Å²) in [6.07, 6.45) is 1.05. The van der Waals surface area contributed by atoms with E-state index in [4.69, 9.17) is 7.85 Å². The van der Waals surface area contributed by atoms with Gasteiger partial charge in [-0.15, -0.1) is 0 Å². The Balaban J connectivity index is 2.99. The summed E-state index contributed by atoms with van der Waals surface area (Å²) < 4.78 is 0. The maximum Gasteiger partial charge on any atom is 0.114 e. The van der Waals surface area contributed by atoms with E-state index >= 15 is 0 Å².